The van der Waals surface area contributed by atoms with E-state index in [2.05, 4.69) is 420 Å². The van der Waals surface area contributed by atoms with E-state index in [0.717, 1.165) is 117 Å². The van der Waals surface area contributed by atoms with Crippen LogP contribution in [0.2, 0.25) is 0 Å². The first kappa shape index (κ1) is 78.7. The number of benzene rings is 21. The van der Waals surface area contributed by atoms with Crippen LogP contribution in [0, 0.1) is 0 Å². The van der Waals surface area contributed by atoms with Crippen molar-refractivity contribution in [3.8, 4) is 79.4 Å². The lowest BCUT2D eigenvalue weighted by Crippen LogP contribution is -2.13. The maximum atomic E-state index is 13.5. The monoisotopic (exact) mass is 1870 g/mol. The molecule has 676 valence electrons. The molecular weight excluding hydrogens is 1800 g/mol. The van der Waals surface area contributed by atoms with Crippen LogP contribution in [0.5, 0.6) is 0 Å². The first-order chi connectivity index (χ1) is 72.9. The highest BCUT2D eigenvalue weighted by Gasteiger charge is 2.35. The Bertz CT molecular complexity index is 11900. The number of ketones is 1. The number of carbonyl (C=O) groups is 1. The first-order valence-corrected chi connectivity index (χ1v) is 50.0. The topological polar surface area (TPSA) is 127 Å². The summed E-state index contributed by atoms with van der Waals surface area (Å²) in [6.07, 6.45) is 0. The molecule has 0 unspecified atom stereocenters. The minimum atomic E-state index is 0.0203. The van der Waals surface area contributed by atoms with Gasteiger partial charge in [-0.25, -0.2) is 29.9 Å². The minimum Gasteiger partial charge on any atom is -0.309 e. The number of hydrogen-bond donors (Lipinski definition) is 0. The third kappa shape index (κ3) is 10.5. The predicted molar refractivity (Wildman–Crippen MR) is 604 cm³/mol. The molecule has 14 heteroatoms. The zero-order chi connectivity index (χ0) is 95.5. The van der Waals surface area contributed by atoms with Crippen LogP contribution in [0.3, 0.4) is 0 Å². The van der Waals surface area contributed by atoms with E-state index in [4.69, 9.17) is 29.9 Å². The molecule has 0 saturated heterocycles. The maximum absolute atomic E-state index is 13.5. The summed E-state index contributed by atoms with van der Waals surface area (Å²) in [5.41, 5.74) is 37.3. The second-order valence-electron chi connectivity index (χ2n) is 39.2. The largest absolute Gasteiger partial charge is 0.309 e. The SMILES string of the molecule is O=C1c2ccccc2-c2nc(-n3c4ccccc4c4cc5c6ccccc6n6c7ccccc7c(c43)c56)nc3cccc1c23.c1ccc(-n2c3ccccc3c3cc(-c4nc5ccccc5nc4-c4ccc(-n5c6ccccc6c6cc7c8ccccc8n8c9ccccc9c(c65)c78)cc4)ccc32)cc1.c1ccc2c(c1)-c1cccc3nc(-n4c5ccccc5c5cc6c7ccccc7n7c8ccccc8c(c54)c67)nc-2c13. The highest BCUT2D eigenvalue weighted by molar-refractivity contribution is 6.38. The summed E-state index contributed by atoms with van der Waals surface area (Å²) >= 11 is 0. The molecular formula is C133H73N13O. The summed E-state index contributed by atoms with van der Waals surface area (Å²) in [5, 5.41) is 26.7. The van der Waals surface area contributed by atoms with Crippen LogP contribution in [-0.4, -0.2) is 67.2 Å². The molecule has 0 bridgehead atoms. The van der Waals surface area contributed by atoms with Gasteiger partial charge in [0.2, 0.25) is 11.9 Å². The molecule has 2 aliphatic carbocycles. The summed E-state index contributed by atoms with van der Waals surface area (Å²) in [4.78, 5) is 45.4. The van der Waals surface area contributed by atoms with Crippen molar-refractivity contribution in [3.05, 3.63) is 454 Å². The molecule has 0 radical (unpaired) electrons. The Labute approximate surface area is 833 Å². The molecule has 0 amide bonds. The van der Waals surface area contributed by atoms with Gasteiger partial charge in [-0.3, -0.25) is 13.9 Å². The van der Waals surface area contributed by atoms with Crippen molar-refractivity contribution in [1.82, 2.24) is 61.4 Å². The molecule has 0 saturated carbocycles. The summed E-state index contributed by atoms with van der Waals surface area (Å²) < 4.78 is 16.7. The molecule has 2 aliphatic rings. The Morgan fingerprint density at radius 3 is 0.918 bits per heavy atom. The summed E-state index contributed by atoms with van der Waals surface area (Å²) in [5.74, 6) is 1.33. The van der Waals surface area contributed by atoms with E-state index in [1.54, 1.807) is 0 Å². The molecule has 0 spiro atoms. The Morgan fingerprint density at radius 2 is 0.456 bits per heavy atom. The molecule has 13 heterocycles. The molecule has 147 heavy (non-hydrogen) atoms. The standard InChI is InChI=1S/C56H33N5.C39H20N4O.C38H20N4/c1-2-14-36(15-3-1)59-47-22-10-4-16-38(47)42-32-35(28-31-51(42)59)54-53(57-45-20-8-9-21-46(45)58-54)34-26-29-37(30-27-34)60-48-23-11-5-17-39(48)43-33-44-40-18-6-12-24-49(40)61-50-25-13-7-19-41(50)52(55(43)60)56(44)61;44-38-24-13-2-1-12-23(24)35-33-26(38)15-9-16-29(33)40-39(41-35)43-31-18-7-4-11-22(31)28-20-27-21-10-3-6-17-30(21)42-32-19-8-5-14-25(32)34(36(27)42)37(28)43;1-2-13-25-21(10-1)24-15-9-16-29-33(24)35(25)40-38(39-29)42-31-18-7-4-12-23(31)28-20-27-22-11-3-6-17-30(22)41-32-19-8-5-14-26(32)34(36(27)41)37(28)42/h1-33H;1-20H;1-20H. The molecule has 0 atom stereocenters. The first-order valence-electron chi connectivity index (χ1n) is 50.0. The van der Waals surface area contributed by atoms with Gasteiger partial charge < -0.3 is 22.3 Å². The lowest BCUT2D eigenvalue weighted by atomic mass is 9.87. The average molecular weight is 1870 g/mol. The Hall–Kier alpha value is -20.1. The minimum absolute atomic E-state index is 0.0203. The number of aromatic nitrogens is 13. The molecule has 0 N–H and O–H groups in total. The quantitative estimate of drug-likeness (QED) is 0.162. The summed E-state index contributed by atoms with van der Waals surface area (Å²) in [7, 11) is 0. The van der Waals surface area contributed by atoms with Gasteiger partial charge in [0.1, 0.15) is 0 Å². The molecule has 13 aromatic heterocycles. The highest BCUT2D eigenvalue weighted by Crippen LogP contribution is 2.54. The molecule has 0 fully saturated rings. The zero-order valence-electron chi connectivity index (χ0n) is 78.4. The van der Waals surface area contributed by atoms with E-state index in [-0.39, 0.29) is 5.78 Å². The second-order valence-corrected chi connectivity index (χ2v) is 39.2. The van der Waals surface area contributed by atoms with Gasteiger partial charge in [0.05, 0.1) is 139 Å². The Kier molecular flexibility index (Phi) is 15.6. The third-order valence-corrected chi connectivity index (χ3v) is 31.9. The van der Waals surface area contributed by atoms with E-state index < -0.39 is 0 Å². The number of hydrogen-bond acceptors (Lipinski definition) is 7. The van der Waals surface area contributed by atoms with Gasteiger partial charge >= 0.3 is 0 Å². The fourth-order valence-electron chi connectivity index (χ4n) is 26.0. The van der Waals surface area contributed by atoms with Gasteiger partial charge in [-0.2, -0.15) is 0 Å². The Balaban J connectivity index is 0.0000000967. The molecule has 36 rings (SSSR count). The number of para-hydroxylation sites is 13. The maximum Gasteiger partial charge on any atom is 0.235 e. The van der Waals surface area contributed by atoms with Gasteiger partial charge in [-0.05, 0) is 151 Å². The molecule has 0 aliphatic heterocycles. The lowest BCUT2D eigenvalue weighted by molar-refractivity contribution is 0.104. The van der Waals surface area contributed by atoms with Crippen LogP contribution in [0.15, 0.2) is 443 Å². The smallest absolute Gasteiger partial charge is 0.235 e. The van der Waals surface area contributed by atoms with Crippen LogP contribution in [0.1, 0.15) is 15.9 Å². The van der Waals surface area contributed by atoms with Crippen molar-refractivity contribution in [2.75, 3.05) is 0 Å². The van der Waals surface area contributed by atoms with E-state index in [1.165, 1.54) is 185 Å². The van der Waals surface area contributed by atoms with Gasteiger partial charge in [0, 0.05) is 163 Å². The average Bonchev–Trinajstić information content (AvgIpc) is 1.52. The molecule has 14 nitrogen and oxygen atoms in total. The van der Waals surface area contributed by atoms with Crippen molar-refractivity contribution in [1.29, 1.82) is 0 Å². The van der Waals surface area contributed by atoms with Crippen LogP contribution < -0.4 is 0 Å². The van der Waals surface area contributed by atoms with Crippen LogP contribution in [-0.2, 0) is 0 Å². The van der Waals surface area contributed by atoms with Crippen molar-refractivity contribution < 1.29 is 4.79 Å². The second kappa shape index (κ2) is 29.1. The van der Waals surface area contributed by atoms with Gasteiger partial charge in [0.25, 0.3) is 0 Å². The van der Waals surface area contributed by atoms with Gasteiger partial charge in [-0.1, -0.05) is 303 Å². The molecule has 21 aromatic carbocycles. The van der Waals surface area contributed by atoms with E-state index in [1.807, 2.05) is 54.6 Å². The fraction of sp³-hybridized carbons (Fsp3) is 0. The summed E-state index contributed by atoms with van der Waals surface area (Å²) in [6.45, 7) is 0. The fourth-order valence-corrected chi connectivity index (χ4v) is 26.0. The van der Waals surface area contributed by atoms with E-state index >= 15 is 0 Å². The van der Waals surface area contributed by atoms with Crippen molar-refractivity contribution in [2.24, 2.45) is 0 Å². The zero-order valence-corrected chi connectivity index (χ0v) is 78.4. The number of fused-ring (bicyclic) bond motifs is 39. The van der Waals surface area contributed by atoms with E-state index in [9.17, 15) is 4.79 Å². The third-order valence-electron chi connectivity index (χ3n) is 31.9. The Morgan fingerprint density at radius 1 is 0.156 bits per heavy atom. The van der Waals surface area contributed by atoms with Crippen molar-refractivity contribution in [2.45, 2.75) is 0 Å². The van der Waals surface area contributed by atoms with Crippen molar-refractivity contribution >= 4 is 240 Å². The van der Waals surface area contributed by atoms with Gasteiger partial charge in [0.15, 0.2) is 5.78 Å². The van der Waals surface area contributed by atoms with Crippen molar-refractivity contribution in [3.63, 3.8) is 0 Å². The van der Waals surface area contributed by atoms with Crippen LogP contribution in [0.4, 0.5) is 0 Å². The number of nitrogens with zero attached hydrogens (tertiary/aromatic N) is 13. The number of rotatable bonds is 6. The van der Waals surface area contributed by atoms with Gasteiger partial charge in [-0.15, -0.1) is 0 Å². The predicted octanol–water partition coefficient (Wildman–Crippen LogP) is 32.9. The van der Waals surface area contributed by atoms with Crippen LogP contribution in [0.25, 0.3) is 314 Å². The lowest BCUT2D eigenvalue weighted by Gasteiger charge is -2.19. The van der Waals surface area contributed by atoms with Crippen LogP contribution >= 0.6 is 0 Å². The molecule has 34 aromatic rings. The number of carbonyl (C=O) groups excluding carboxylic acids is 1. The highest BCUT2D eigenvalue weighted by atomic mass is 16.1. The van der Waals surface area contributed by atoms with E-state index in [0.29, 0.717) is 23.0 Å². The summed E-state index contributed by atoms with van der Waals surface area (Å²) in [6, 6.07) is 158. The normalized spacial score (nSPS) is 12.6.